The van der Waals surface area contributed by atoms with Crippen LogP contribution < -0.4 is 9.54 Å². The number of hydrogen-bond donors (Lipinski definition) is 0. The first-order valence-corrected chi connectivity index (χ1v) is 10.5. The zero-order valence-corrected chi connectivity index (χ0v) is 16.7. The summed E-state index contributed by atoms with van der Waals surface area (Å²) < 4.78 is 7.54. The molecule has 0 spiro atoms. The van der Waals surface area contributed by atoms with Crippen LogP contribution in [-0.2, 0) is 0 Å². The molecular weight excluding hydrogens is 354 g/mol. The van der Waals surface area contributed by atoms with Crippen LogP contribution >= 0.6 is 11.3 Å². The second-order valence-corrected chi connectivity index (χ2v) is 7.88. The van der Waals surface area contributed by atoms with Gasteiger partial charge in [-0.15, -0.1) is 11.3 Å². The van der Waals surface area contributed by atoms with E-state index < -0.39 is 0 Å². The fraction of sp³-hybridized carbons (Fsp3) is 0.364. The van der Waals surface area contributed by atoms with Crippen molar-refractivity contribution in [3.05, 3.63) is 57.8 Å². The molecule has 0 radical (unpaired) electrons. The molecule has 1 aliphatic carbocycles. The molecule has 0 amide bonds. The average molecular weight is 380 g/mol. The van der Waals surface area contributed by atoms with Gasteiger partial charge in [-0.1, -0.05) is 49.6 Å². The van der Waals surface area contributed by atoms with Crippen LogP contribution in [0.5, 0.6) is 5.75 Å². The molecule has 0 N–H and O–H groups in total. The summed E-state index contributed by atoms with van der Waals surface area (Å²) in [5.74, 6) is 0.830. The van der Waals surface area contributed by atoms with Gasteiger partial charge in [0.05, 0.1) is 25.1 Å². The Morgan fingerprint density at radius 1 is 1.11 bits per heavy atom. The van der Waals surface area contributed by atoms with Gasteiger partial charge in [-0.3, -0.25) is 4.99 Å². The van der Waals surface area contributed by atoms with Crippen molar-refractivity contribution in [3.8, 4) is 5.75 Å². The number of methoxy groups -OCH3 is 1. The highest BCUT2D eigenvalue weighted by atomic mass is 32.1. The molecule has 3 aromatic rings. The first kappa shape index (κ1) is 18.0. The summed E-state index contributed by atoms with van der Waals surface area (Å²) in [6, 6.07) is 12.8. The Hall–Kier alpha value is -2.40. The molecule has 27 heavy (non-hydrogen) atoms. The van der Waals surface area contributed by atoms with Crippen LogP contribution in [0.15, 0.2) is 51.9 Å². The van der Waals surface area contributed by atoms with E-state index in [1.165, 1.54) is 37.5 Å². The zero-order valence-electron chi connectivity index (χ0n) is 15.9. The maximum absolute atomic E-state index is 5.58. The minimum atomic E-state index is 0.436. The van der Waals surface area contributed by atoms with Crippen LogP contribution in [0.4, 0.5) is 0 Å². The Morgan fingerprint density at radius 2 is 1.93 bits per heavy atom. The molecule has 4 rings (SSSR count). The molecule has 1 heterocycles. The number of thiazole rings is 1. The second kappa shape index (κ2) is 8.09. The van der Waals surface area contributed by atoms with Crippen molar-refractivity contribution in [3.63, 3.8) is 0 Å². The van der Waals surface area contributed by atoms with Crippen LogP contribution in [-0.4, -0.2) is 24.0 Å². The minimum absolute atomic E-state index is 0.436. The molecule has 2 aromatic carbocycles. The van der Waals surface area contributed by atoms with Gasteiger partial charge in [0.1, 0.15) is 5.75 Å². The minimum Gasteiger partial charge on any atom is -0.496 e. The Bertz CT molecular complexity index is 1030. The van der Waals surface area contributed by atoms with Gasteiger partial charge < -0.3 is 4.74 Å². The Morgan fingerprint density at radius 3 is 2.74 bits per heavy atom. The van der Waals surface area contributed by atoms with E-state index in [-0.39, 0.29) is 0 Å². The highest BCUT2D eigenvalue weighted by Gasteiger charge is 2.13. The third-order valence-electron chi connectivity index (χ3n) is 5.17. The van der Waals surface area contributed by atoms with Gasteiger partial charge in [0.15, 0.2) is 0 Å². The van der Waals surface area contributed by atoms with Gasteiger partial charge >= 0.3 is 0 Å². The molecule has 1 aliphatic rings. The number of fused-ring (bicyclic) bond motifs is 1. The highest BCUT2D eigenvalue weighted by molar-refractivity contribution is 7.07. The quantitative estimate of drug-likeness (QED) is 0.579. The SMILES string of the molecule is COc1ccc2ccccc2c1C=Nn1c(C)csc1=NC1CCCCC1. The summed E-state index contributed by atoms with van der Waals surface area (Å²) in [5.41, 5.74) is 2.10. The third kappa shape index (κ3) is 3.83. The number of aryl methyl sites for hydroxylation is 1. The fourth-order valence-electron chi connectivity index (χ4n) is 3.68. The molecule has 0 unspecified atom stereocenters. The molecule has 0 aliphatic heterocycles. The number of nitrogens with zero attached hydrogens (tertiary/aromatic N) is 3. The maximum Gasteiger partial charge on any atom is 0.206 e. The maximum atomic E-state index is 5.58. The number of rotatable bonds is 4. The summed E-state index contributed by atoms with van der Waals surface area (Å²) in [5, 5.41) is 9.23. The lowest BCUT2D eigenvalue weighted by Gasteiger charge is -2.16. The van der Waals surface area contributed by atoms with Gasteiger partial charge in [-0.2, -0.15) is 5.10 Å². The summed E-state index contributed by atoms with van der Waals surface area (Å²) in [4.78, 5) is 5.97. The largest absolute Gasteiger partial charge is 0.496 e. The predicted molar refractivity (Wildman–Crippen MR) is 113 cm³/mol. The van der Waals surface area contributed by atoms with Crippen LogP contribution in [0, 0.1) is 6.92 Å². The van der Waals surface area contributed by atoms with Crippen LogP contribution in [0.1, 0.15) is 43.4 Å². The van der Waals surface area contributed by atoms with E-state index >= 15 is 0 Å². The lowest BCUT2D eigenvalue weighted by atomic mass is 9.96. The van der Waals surface area contributed by atoms with Crippen molar-refractivity contribution < 1.29 is 4.74 Å². The smallest absolute Gasteiger partial charge is 0.206 e. The van der Waals surface area contributed by atoms with E-state index in [4.69, 9.17) is 14.8 Å². The molecule has 4 nitrogen and oxygen atoms in total. The molecule has 0 atom stereocenters. The van der Waals surface area contributed by atoms with Crippen molar-refractivity contribution in [1.82, 2.24) is 4.68 Å². The van der Waals surface area contributed by atoms with E-state index in [0.717, 1.165) is 27.2 Å². The summed E-state index contributed by atoms with van der Waals surface area (Å²) >= 11 is 1.67. The molecule has 5 heteroatoms. The zero-order chi connectivity index (χ0) is 18.6. The number of benzene rings is 2. The van der Waals surface area contributed by atoms with Gasteiger partial charge in [-0.25, -0.2) is 4.68 Å². The predicted octanol–water partition coefficient (Wildman–Crippen LogP) is 5.14. The summed E-state index contributed by atoms with van der Waals surface area (Å²) in [6.45, 7) is 2.08. The van der Waals surface area contributed by atoms with Gasteiger partial charge in [0, 0.05) is 10.9 Å². The number of aromatic nitrogens is 1. The molecule has 0 bridgehead atoms. The van der Waals surface area contributed by atoms with Crippen molar-refractivity contribution >= 4 is 28.3 Å². The molecule has 1 aromatic heterocycles. The first-order chi connectivity index (χ1) is 13.3. The number of ether oxygens (including phenoxy) is 1. The Balaban J connectivity index is 1.75. The Kier molecular flexibility index (Phi) is 5.39. The van der Waals surface area contributed by atoms with Gasteiger partial charge in [0.25, 0.3) is 0 Å². The molecule has 140 valence electrons. The van der Waals surface area contributed by atoms with E-state index in [9.17, 15) is 0 Å². The second-order valence-electron chi connectivity index (χ2n) is 7.04. The normalized spacial score (nSPS) is 16.4. The Labute approximate surface area is 163 Å². The van der Waals surface area contributed by atoms with Crippen LogP contribution in [0.25, 0.3) is 10.8 Å². The molecule has 0 saturated heterocycles. The van der Waals surface area contributed by atoms with Crippen molar-refractivity contribution in [1.29, 1.82) is 0 Å². The summed E-state index contributed by atoms with van der Waals surface area (Å²) in [7, 11) is 1.70. The van der Waals surface area contributed by atoms with E-state index in [0.29, 0.717) is 6.04 Å². The molecule has 1 fully saturated rings. The van der Waals surface area contributed by atoms with Crippen LogP contribution in [0.2, 0.25) is 0 Å². The van der Waals surface area contributed by atoms with E-state index in [1.807, 2.05) is 23.0 Å². The topological polar surface area (TPSA) is 38.9 Å². The highest BCUT2D eigenvalue weighted by Crippen LogP contribution is 2.26. The molecular formula is C22H25N3OS. The van der Waals surface area contributed by atoms with Crippen molar-refractivity contribution in [2.45, 2.75) is 45.1 Å². The lowest BCUT2D eigenvalue weighted by molar-refractivity contribution is 0.415. The number of hydrogen-bond acceptors (Lipinski definition) is 4. The van der Waals surface area contributed by atoms with Crippen molar-refractivity contribution in [2.75, 3.05) is 7.11 Å². The monoisotopic (exact) mass is 379 g/mol. The fourth-order valence-corrected chi connectivity index (χ4v) is 4.56. The van der Waals surface area contributed by atoms with E-state index in [2.05, 4.69) is 36.6 Å². The lowest BCUT2D eigenvalue weighted by Crippen LogP contribution is -2.19. The standard InChI is InChI=1S/C22H25N3OS/c1-16-15-27-22(24-18-9-4-3-5-10-18)25(16)23-14-20-19-11-7-6-8-17(19)12-13-21(20)26-2/h6-8,11-15,18H,3-5,9-10H2,1-2H3. The molecule has 1 saturated carbocycles. The average Bonchev–Trinajstić information content (AvgIpc) is 3.06. The van der Waals surface area contributed by atoms with Crippen molar-refractivity contribution in [2.24, 2.45) is 10.1 Å². The van der Waals surface area contributed by atoms with Crippen LogP contribution in [0.3, 0.4) is 0 Å². The van der Waals surface area contributed by atoms with Gasteiger partial charge in [0.2, 0.25) is 4.80 Å². The van der Waals surface area contributed by atoms with E-state index in [1.54, 1.807) is 18.4 Å². The summed E-state index contributed by atoms with van der Waals surface area (Å²) in [6.07, 6.45) is 8.20. The van der Waals surface area contributed by atoms with Gasteiger partial charge in [-0.05, 0) is 36.6 Å². The first-order valence-electron chi connectivity index (χ1n) is 9.57. The third-order valence-corrected chi connectivity index (χ3v) is 6.12.